The topological polar surface area (TPSA) is 38.0 Å². The summed E-state index contributed by atoms with van der Waals surface area (Å²) >= 11 is 0. The first-order chi connectivity index (χ1) is 8.84. The van der Waals surface area contributed by atoms with Crippen LogP contribution in [0.3, 0.4) is 0 Å². The van der Waals surface area contributed by atoms with Crippen LogP contribution in [-0.2, 0) is 19.4 Å². The number of aromatic nitrogens is 2. The van der Waals surface area contributed by atoms with Crippen LogP contribution in [0.2, 0.25) is 0 Å². The lowest BCUT2D eigenvalue weighted by Gasteiger charge is -2.19. The Bertz CT molecular complexity index is 402. The first-order valence-corrected chi connectivity index (χ1v) is 7.60. The van der Waals surface area contributed by atoms with Crippen molar-refractivity contribution in [3.05, 3.63) is 17.0 Å². The van der Waals surface area contributed by atoms with E-state index < -0.39 is 0 Å². The molecule has 3 heteroatoms. The lowest BCUT2D eigenvalue weighted by atomic mass is 9.92. The van der Waals surface area contributed by atoms with E-state index in [0.717, 1.165) is 43.5 Å². The molecule has 1 N–H and O–H groups in total. The molecule has 0 amide bonds. The number of nitrogens with zero attached hydrogens (tertiary/aromatic N) is 2. The first-order valence-electron chi connectivity index (χ1n) is 7.60. The summed E-state index contributed by atoms with van der Waals surface area (Å²) in [6.07, 6.45) is 3.32. The fourth-order valence-corrected chi connectivity index (χ4v) is 2.41. The van der Waals surface area contributed by atoms with Gasteiger partial charge in [-0.2, -0.15) is 5.10 Å². The van der Waals surface area contributed by atoms with Gasteiger partial charge in [0.05, 0.1) is 11.8 Å². The van der Waals surface area contributed by atoms with Gasteiger partial charge in [0, 0.05) is 17.8 Å². The average Bonchev–Trinajstić information content (AvgIpc) is 2.72. The second-order valence-electron chi connectivity index (χ2n) is 6.47. The van der Waals surface area contributed by atoms with Gasteiger partial charge in [-0.15, -0.1) is 0 Å². The van der Waals surface area contributed by atoms with E-state index >= 15 is 0 Å². The van der Waals surface area contributed by atoms with Gasteiger partial charge in [-0.25, -0.2) is 0 Å². The molecule has 19 heavy (non-hydrogen) atoms. The van der Waals surface area contributed by atoms with Crippen LogP contribution in [0, 0.1) is 5.41 Å². The Kier molecular flexibility index (Phi) is 5.60. The fourth-order valence-electron chi connectivity index (χ4n) is 2.41. The minimum Gasteiger partial charge on any atom is -0.388 e. The van der Waals surface area contributed by atoms with E-state index in [1.165, 1.54) is 5.69 Å². The first kappa shape index (κ1) is 16.2. The van der Waals surface area contributed by atoms with Crippen LogP contribution < -0.4 is 0 Å². The fraction of sp³-hybridized carbons (Fsp3) is 0.812. The van der Waals surface area contributed by atoms with Gasteiger partial charge in [0.15, 0.2) is 0 Å². The van der Waals surface area contributed by atoms with Crippen molar-refractivity contribution in [1.29, 1.82) is 0 Å². The van der Waals surface area contributed by atoms with Gasteiger partial charge < -0.3 is 5.11 Å². The molecule has 1 heterocycles. The van der Waals surface area contributed by atoms with Crippen LogP contribution in [-0.4, -0.2) is 14.9 Å². The van der Waals surface area contributed by atoms with Gasteiger partial charge in [0.2, 0.25) is 0 Å². The predicted molar refractivity (Wildman–Crippen MR) is 80.3 cm³/mol. The van der Waals surface area contributed by atoms with Crippen molar-refractivity contribution >= 4 is 0 Å². The Balaban J connectivity index is 3.08. The third-order valence-electron chi connectivity index (χ3n) is 3.64. The summed E-state index contributed by atoms with van der Waals surface area (Å²) < 4.78 is 2.12. The van der Waals surface area contributed by atoms with Crippen molar-refractivity contribution in [2.24, 2.45) is 5.41 Å². The normalized spacial score (nSPS) is 13.8. The second kappa shape index (κ2) is 6.56. The Labute approximate surface area is 118 Å². The third kappa shape index (κ3) is 4.07. The smallest absolute Gasteiger partial charge is 0.0823 e. The molecule has 0 bridgehead atoms. The van der Waals surface area contributed by atoms with E-state index in [4.69, 9.17) is 5.10 Å². The van der Waals surface area contributed by atoms with E-state index in [-0.39, 0.29) is 6.10 Å². The van der Waals surface area contributed by atoms with Crippen molar-refractivity contribution in [2.75, 3.05) is 0 Å². The summed E-state index contributed by atoms with van der Waals surface area (Å²) in [4.78, 5) is 0. The molecule has 0 aliphatic carbocycles. The van der Waals surface area contributed by atoms with Crippen LogP contribution in [0.25, 0.3) is 0 Å². The lowest BCUT2D eigenvalue weighted by Crippen LogP contribution is -2.13. The molecule has 1 atom stereocenters. The quantitative estimate of drug-likeness (QED) is 0.848. The molecule has 0 aliphatic rings. The SMILES string of the molecule is CCc1nn(CCC(C)(C)C)c(CC)c1C(O)CC. The van der Waals surface area contributed by atoms with Crippen LogP contribution >= 0.6 is 0 Å². The summed E-state index contributed by atoms with van der Waals surface area (Å²) in [5.74, 6) is 0. The standard InChI is InChI=1S/C16H30N2O/c1-7-12-15(14(19)9-3)13(8-2)18(17-12)11-10-16(4,5)6/h14,19H,7-11H2,1-6H3. The molecule has 0 saturated heterocycles. The van der Waals surface area contributed by atoms with Gasteiger partial charge in [0.25, 0.3) is 0 Å². The molecular weight excluding hydrogens is 236 g/mol. The van der Waals surface area contributed by atoms with E-state index in [0.29, 0.717) is 5.41 Å². The van der Waals surface area contributed by atoms with Gasteiger partial charge >= 0.3 is 0 Å². The number of aliphatic hydroxyl groups excluding tert-OH is 1. The number of hydrogen-bond donors (Lipinski definition) is 1. The maximum Gasteiger partial charge on any atom is 0.0823 e. The zero-order chi connectivity index (χ0) is 14.6. The van der Waals surface area contributed by atoms with E-state index in [1.54, 1.807) is 0 Å². The van der Waals surface area contributed by atoms with E-state index in [2.05, 4.69) is 39.3 Å². The van der Waals surface area contributed by atoms with Gasteiger partial charge in [-0.05, 0) is 31.1 Å². The monoisotopic (exact) mass is 266 g/mol. The molecular formula is C16H30N2O. The van der Waals surface area contributed by atoms with Crippen LogP contribution in [0.1, 0.15) is 77.4 Å². The summed E-state index contributed by atoms with van der Waals surface area (Å²) in [5.41, 5.74) is 3.68. The summed E-state index contributed by atoms with van der Waals surface area (Å²) in [5, 5.41) is 15.0. The average molecular weight is 266 g/mol. The largest absolute Gasteiger partial charge is 0.388 e. The Morgan fingerprint density at radius 2 is 1.79 bits per heavy atom. The highest BCUT2D eigenvalue weighted by Gasteiger charge is 2.21. The zero-order valence-corrected chi connectivity index (χ0v) is 13.5. The van der Waals surface area contributed by atoms with Gasteiger partial charge in [-0.1, -0.05) is 41.5 Å². The Morgan fingerprint density at radius 1 is 1.16 bits per heavy atom. The zero-order valence-electron chi connectivity index (χ0n) is 13.5. The van der Waals surface area contributed by atoms with E-state index in [1.807, 2.05) is 6.92 Å². The van der Waals surface area contributed by atoms with Crippen molar-refractivity contribution in [3.8, 4) is 0 Å². The van der Waals surface area contributed by atoms with Crippen molar-refractivity contribution in [2.45, 2.75) is 79.9 Å². The maximum atomic E-state index is 10.2. The molecule has 0 fully saturated rings. The number of hydrogen-bond acceptors (Lipinski definition) is 2. The minimum atomic E-state index is -0.367. The number of aliphatic hydroxyl groups is 1. The highest BCUT2D eigenvalue weighted by molar-refractivity contribution is 5.29. The minimum absolute atomic E-state index is 0.312. The molecule has 0 spiro atoms. The molecule has 3 nitrogen and oxygen atoms in total. The van der Waals surface area contributed by atoms with Crippen LogP contribution in [0.15, 0.2) is 0 Å². The molecule has 0 saturated carbocycles. The maximum absolute atomic E-state index is 10.2. The predicted octanol–water partition coefficient (Wildman–Crippen LogP) is 3.89. The highest BCUT2D eigenvalue weighted by Crippen LogP contribution is 2.27. The molecule has 0 aliphatic heterocycles. The Morgan fingerprint density at radius 3 is 2.21 bits per heavy atom. The molecule has 0 radical (unpaired) electrons. The van der Waals surface area contributed by atoms with Gasteiger partial charge in [0.1, 0.15) is 0 Å². The van der Waals surface area contributed by atoms with Crippen molar-refractivity contribution in [3.63, 3.8) is 0 Å². The summed E-state index contributed by atoms with van der Waals surface area (Å²) in [6, 6.07) is 0. The van der Waals surface area contributed by atoms with E-state index in [9.17, 15) is 5.11 Å². The molecule has 1 rings (SSSR count). The van der Waals surface area contributed by atoms with Crippen molar-refractivity contribution in [1.82, 2.24) is 9.78 Å². The molecule has 110 valence electrons. The molecule has 1 aromatic heterocycles. The molecule has 1 aromatic rings. The highest BCUT2D eigenvalue weighted by atomic mass is 16.3. The van der Waals surface area contributed by atoms with Gasteiger partial charge in [-0.3, -0.25) is 4.68 Å². The second-order valence-corrected chi connectivity index (χ2v) is 6.47. The number of rotatable bonds is 6. The van der Waals surface area contributed by atoms with Crippen molar-refractivity contribution < 1.29 is 5.11 Å². The Hall–Kier alpha value is -0.830. The summed E-state index contributed by atoms with van der Waals surface area (Å²) in [6.45, 7) is 14.0. The lowest BCUT2D eigenvalue weighted by molar-refractivity contribution is 0.171. The van der Waals surface area contributed by atoms with Crippen LogP contribution in [0.4, 0.5) is 0 Å². The number of aryl methyl sites for hydroxylation is 2. The van der Waals surface area contributed by atoms with Crippen LogP contribution in [0.5, 0.6) is 0 Å². The molecule has 0 aromatic carbocycles. The molecule has 1 unspecified atom stereocenters. The third-order valence-corrected chi connectivity index (χ3v) is 3.64. The summed E-state index contributed by atoms with van der Waals surface area (Å²) in [7, 11) is 0.